The molecule has 0 bridgehead atoms. The van der Waals surface area contributed by atoms with Gasteiger partial charge in [0.25, 0.3) is 0 Å². The number of nitrogens with two attached hydrogens (primary N) is 1. The number of pyridine rings is 1. The van der Waals surface area contributed by atoms with Crippen molar-refractivity contribution >= 4 is 28.0 Å². The molecule has 0 fully saturated rings. The number of hydrogen-bond acceptors (Lipinski definition) is 3. The number of halogens is 1. The van der Waals surface area contributed by atoms with Gasteiger partial charge in [-0.15, -0.1) is 0 Å². The van der Waals surface area contributed by atoms with Gasteiger partial charge in [0.2, 0.25) is 0 Å². The van der Waals surface area contributed by atoms with Crippen LogP contribution < -0.4 is 10.6 Å². The van der Waals surface area contributed by atoms with Crippen LogP contribution in [0.15, 0.2) is 54.7 Å². The zero-order valence-electron chi connectivity index (χ0n) is 11.8. The third-order valence-electron chi connectivity index (χ3n) is 3.52. The minimum absolute atomic E-state index is 0.237. The smallest absolute Gasteiger partial charge is 0.123 e. The molecule has 0 unspecified atom stereocenters. The zero-order chi connectivity index (χ0) is 14.8. The fraction of sp³-hybridized carbons (Fsp3) is 0.118. The van der Waals surface area contributed by atoms with Gasteiger partial charge in [0.1, 0.15) is 5.82 Å². The average molecular weight is 281 g/mol. The van der Waals surface area contributed by atoms with Crippen molar-refractivity contribution in [3.05, 3.63) is 60.5 Å². The van der Waals surface area contributed by atoms with Crippen LogP contribution in [0.25, 0.3) is 10.9 Å². The molecular formula is C17H16FN3. The molecule has 3 nitrogen and oxygen atoms in total. The molecular weight excluding hydrogens is 265 g/mol. The normalized spacial score (nSPS) is 10.8. The molecule has 0 aliphatic rings. The standard InChI is InChI=1S/C17H16FN3/c1-2-21(13-7-5-12(18)6-8-13)16-10-9-15(19)17-14(16)4-3-11-20-17/h3-11H,2,19H2,1H3. The van der Waals surface area contributed by atoms with Crippen molar-refractivity contribution in [2.75, 3.05) is 17.2 Å². The first-order valence-corrected chi connectivity index (χ1v) is 6.87. The monoisotopic (exact) mass is 281 g/mol. The summed E-state index contributed by atoms with van der Waals surface area (Å²) in [6.45, 7) is 2.82. The lowest BCUT2D eigenvalue weighted by molar-refractivity contribution is 0.628. The summed E-state index contributed by atoms with van der Waals surface area (Å²) in [4.78, 5) is 6.47. The van der Waals surface area contributed by atoms with E-state index in [0.717, 1.165) is 28.8 Å². The van der Waals surface area contributed by atoms with Gasteiger partial charge in [-0.05, 0) is 55.5 Å². The Labute approximate surface area is 122 Å². The van der Waals surface area contributed by atoms with Crippen LogP contribution in [0.1, 0.15) is 6.92 Å². The average Bonchev–Trinajstić information content (AvgIpc) is 2.52. The Hall–Kier alpha value is -2.62. The van der Waals surface area contributed by atoms with Crippen LogP contribution in [0.3, 0.4) is 0 Å². The molecule has 0 saturated heterocycles. The van der Waals surface area contributed by atoms with Crippen LogP contribution in [0.4, 0.5) is 21.5 Å². The van der Waals surface area contributed by atoms with Crippen molar-refractivity contribution in [2.24, 2.45) is 0 Å². The molecule has 0 aliphatic heterocycles. The second kappa shape index (κ2) is 5.40. The summed E-state index contributed by atoms with van der Waals surface area (Å²) in [6, 6.07) is 14.2. The second-order valence-electron chi connectivity index (χ2n) is 4.79. The third-order valence-corrected chi connectivity index (χ3v) is 3.52. The Morgan fingerprint density at radius 1 is 1.10 bits per heavy atom. The van der Waals surface area contributed by atoms with Crippen molar-refractivity contribution in [1.82, 2.24) is 4.98 Å². The Morgan fingerprint density at radius 3 is 2.57 bits per heavy atom. The quantitative estimate of drug-likeness (QED) is 0.734. The van der Waals surface area contributed by atoms with Crippen molar-refractivity contribution < 1.29 is 4.39 Å². The summed E-state index contributed by atoms with van der Waals surface area (Å²) in [7, 11) is 0. The van der Waals surface area contributed by atoms with Crippen molar-refractivity contribution in [3.8, 4) is 0 Å². The van der Waals surface area contributed by atoms with Crippen LogP contribution in [-0.2, 0) is 0 Å². The lowest BCUT2D eigenvalue weighted by atomic mass is 10.1. The summed E-state index contributed by atoms with van der Waals surface area (Å²) in [5.41, 5.74) is 9.39. The molecule has 0 spiro atoms. The van der Waals surface area contributed by atoms with E-state index < -0.39 is 0 Å². The maximum absolute atomic E-state index is 13.1. The van der Waals surface area contributed by atoms with Gasteiger partial charge < -0.3 is 10.6 Å². The van der Waals surface area contributed by atoms with Crippen LogP contribution in [0.2, 0.25) is 0 Å². The molecule has 0 amide bonds. The van der Waals surface area contributed by atoms with Gasteiger partial charge in [0, 0.05) is 23.8 Å². The summed E-state index contributed by atoms with van der Waals surface area (Å²) in [5, 5.41) is 0.990. The van der Waals surface area contributed by atoms with Gasteiger partial charge in [-0.3, -0.25) is 4.98 Å². The van der Waals surface area contributed by atoms with Gasteiger partial charge in [-0.25, -0.2) is 4.39 Å². The molecule has 3 aromatic rings. The van der Waals surface area contributed by atoms with Crippen LogP contribution in [-0.4, -0.2) is 11.5 Å². The van der Waals surface area contributed by atoms with E-state index >= 15 is 0 Å². The Bertz CT molecular complexity index is 769. The number of hydrogen-bond donors (Lipinski definition) is 1. The summed E-state index contributed by atoms with van der Waals surface area (Å²) >= 11 is 0. The predicted molar refractivity (Wildman–Crippen MR) is 85.2 cm³/mol. The summed E-state index contributed by atoms with van der Waals surface area (Å²) in [5.74, 6) is -0.237. The number of nitrogens with zero attached hydrogens (tertiary/aromatic N) is 2. The summed E-state index contributed by atoms with van der Waals surface area (Å²) in [6.07, 6.45) is 1.73. The highest BCUT2D eigenvalue weighted by Crippen LogP contribution is 2.33. The largest absolute Gasteiger partial charge is 0.397 e. The van der Waals surface area contributed by atoms with E-state index in [1.54, 1.807) is 18.3 Å². The first-order valence-electron chi connectivity index (χ1n) is 6.87. The lowest BCUT2D eigenvalue weighted by Crippen LogP contribution is -2.16. The fourth-order valence-corrected chi connectivity index (χ4v) is 2.53. The van der Waals surface area contributed by atoms with Crippen molar-refractivity contribution in [1.29, 1.82) is 0 Å². The molecule has 1 aromatic heterocycles. The van der Waals surface area contributed by atoms with E-state index in [2.05, 4.69) is 16.8 Å². The number of anilines is 3. The lowest BCUT2D eigenvalue weighted by Gasteiger charge is -2.25. The Kier molecular flexibility index (Phi) is 3.44. The summed E-state index contributed by atoms with van der Waals surface area (Å²) < 4.78 is 13.1. The maximum atomic E-state index is 13.1. The number of nitrogen functional groups attached to an aromatic ring is 1. The molecule has 106 valence electrons. The molecule has 4 heteroatoms. The predicted octanol–water partition coefficient (Wildman–Crippen LogP) is 4.11. The second-order valence-corrected chi connectivity index (χ2v) is 4.79. The maximum Gasteiger partial charge on any atom is 0.123 e. The van der Waals surface area contributed by atoms with Crippen molar-refractivity contribution in [3.63, 3.8) is 0 Å². The Morgan fingerprint density at radius 2 is 1.86 bits per heavy atom. The van der Waals surface area contributed by atoms with Crippen LogP contribution in [0.5, 0.6) is 0 Å². The van der Waals surface area contributed by atoms with Gasteiger partial charge in [0.05, 0.1) is 16.9 Å². The fourth-order valence-electron chi connectivity index (χ4n) is 2.53. The molecule has 0 atom stereocenters. The highest BCUT2D eigenvalue weighted by molar-refractivity contribution is 6.00. The molecule has 0 radical (unpaired) electrons. The van der Waals surface area contributed by atoms with E-state index in [9.17, 15) is 4.39 Å². The number of benzene rings is 2. The highest BCUT2D eigenvalue weighted by Gasteiger charge is 2.12. The molecule has 1 heterocycles. The highest BCUT2D eigenvalue weighted by atomic mass is 19.1. The SMILES string of the molecule is CCN(c1ccc(F)cc1)c1ccc(N)c2ncccc12. The molecule has 21 heavy (non-hydrogen) atoms. The van der Waals surface area contributed by atoms with E-state index in [1.807, 2.05) is 24.3 Å². The third kappa shape index (κ3) is 2.40. The molecule has 3 rings (SSSR count). The molecule has 0 aliphatic carbocycles. The molecule has 2 N–H and O–H groups in total. The van der Waals surface area contributed by atoms with Gasteiger partial charge in [0.15, 0.2) is 0 Å². The topological polar surface area (TPSA) is 42.1 Å². The minimum atomic E-state index is -0.237. The van der Waals surface area contributed by atoms with E-state index in [-0.39, 0.29) is 5.82 Å². The Balaban J connectivity index is 2.17. The van der Waals surface area contributed by atoms with E-state index in [4.69, 9.17) is 5.73 Å². The zero-order valence-corrected chi connectivity index (χ0v) is 11.8. The first kappa shape index (κ1) is 13.4. The van der Waals surface area contributed by atoms with Crippen molar-refractivity contribution in [2.45, 2.75) is 6.92 Å². The molecule has 2 aromatic carbocycles. The van der Waals surface area contributed by atoms with Crippen LogP contribution in [0, 0.1) is 5.82 Å². The first-order chi connectivity index (χ1) is 10.2. The van der Waals surface area contributed by atoms with E-state index in [0.29, 0.717) is 5.69 Å². The van der Waals surface area contributed by atoms with Crippen LogP contribution >= 0.6 is 0 Å². The van der Waals surface area contributed by atoms with Gasteiger partial charge in [-0.1, -0.05) is 0 Å². The molecule has 0 saturated carbocycles. The van der Waals surface area contributed by atoms with Gasteiger partial charge >= 0.3 is 0 Å². The van der Waals surface area contributed by atoms with E-state index in [1.165, 1.54) is 12.1 Å². The minimum Gasteiger partial charge on any atom is -0.397 e. The number of rotatable bonds is 3. The van der Waals surface area contributed by atoms with Gasteiger partial charge in [-0.2, -0.15) is 0 Å². The number of aromatic nitrogens is 1. The number of fused-ring (bicyclic) bond motifs is 1.